The number of nitrogens with zero attached hydrogens (tertiary/aromatic N) is 1. The summed E-state index contributed by atoms with van der Waals surface area (Å²) in [7, 11) is -1.86. The first-order chi connectivity index (χ1) is 15.0. The molecule has 1 N–H and O–H groups in total. The third-order valence-corrected chi connectivity index (χ3v) is 9.61. The molecule has 3 fully saturated rings. The molecule has 180 valence electrons. The number of carbonyl (C=O) groups excluding carboxylic acids is 2. The molecule has 0 spiro atoms. The fourth-order valence-electron chi connectivity index (χ4n) is 7.43. The second-order valence-electron chi connectivity index (χ2n) is 11.6. The predicted octanol–water partition coefficient (Wildman–Crippen LogP) is 3.55. The molecule has 2 bridgehead atoms. The van der Waals surface area contributed by atoms with Crippen molar-refractivity contribution in [1.82, 2.24) is 4.90 Å². The van der Waals surface area contributed by atoms with Crippen LogP contribution in [0.5, 0.6) is 0 Å². The van der Waals surface area contributed by atoms with E-state index >= 15 is 0 Å². The van der Waals surface area contributed by atoms with Gasteiger partial charge in [-0.15, -0.1) is 0 Å². The zero-order valence-corrected chi connectivity index (χ0v) is 21.5. The highest BCUT2D eigenvalue weighted by molar-refractivity contribution is 6.69. The van der Waals surface area contributed by atoms with E-state index in [1.165, 1.54) is 0 Å². The molecule has 3 aliphatic carbocycles. The van der Waals surface area contributed by atoms with Gasteiger partial charge in [0.2, 0.25) is 0 Å². The average molecular weight is 464 g/mol. The third-order valence-electron chi connectivity index (χ3n) is 8.63. The molecular formula is C25H41NO5Si. The summed E-state index contributed by atoms with van der Waals surface area (Å²) in [5.74, 6) is -0.369. The van der Waals surface area contributed by atoms with Gasteiger partial charge in [-0.3, -0.25) is 9.59 Å². The molecule has 2 saturated carbocycles. The molecule has 7 heteroatoms. The number of likely N-dealkylation sites (tertiary alicyclic amines) is 1. The van der Waals surface area contributed by atoms with Crippen LogP contribution in [0.15, 0.2) is 12.2 Å². The van der Waals surface area contributed by atoms with Gasteiger partial charge in [-0.05, 0) is 64.7 Å². The summed E-state index contributed by atoms with van der Waals surface area (Å²) in [4.78, 5) is 29.7. The van der Waals surface area contributed by atoms with Gasteiger partial charge in [0, 0.05) is 30.8 Å². The molecule has 1 heterocycles. The number of allylic oxidation sites excluding steroid dienone is 1. The lowest BCUT2D eigenvalue weighted by Gasteiger charge is -2.64. The number of piperidine rings is 1. The van der Waals surface area contributed by atoms with E-state index < -0.39 is 24.7 Å². The van der Waals surface area contributed by atoms with Crippen LogP contribution < -0.4 is 0 Å². The first kappa shape index (κ1) is 24.1. The Morgan fingerprint density at radius 3 is 2.66 bits per heavy atom. The Morgan fingerprint density at radius 2 is 2.00 bits per heavy atom. The predicted molar refractivity (Wildman–Crippen MR) is 126 cm³/mol. The Labute approximate surface area is 193 Å². The minimum absolute atomic E-state index is 0.0317. The maximum atomic E-state index is 13.9. The molecule has 0 aromatic rings. The number of ketones is 1. The van der Waals surface area contributed by atoms with Crippen molar-refractivity contribution in [3.8, 4) is 0 Å². The SMILES string of the molecule is CCOC(=O)[C@@]12CCC[C@]3(CC4CC=CC(O[Si](C)(C)C)[C@@H]4C(=O)CC31O)CN(CC)C2. The van der Waals surface area contributed by atoms with Gasteiger partial charge in [0.15, 0.2) is 8.32 Å². The summed E-state index contributed by atoms with van der Waals surface area (Å²) < 4.78 is 12.0. The van der Waals surface area contributed by atoms with Crippen LogP contribution in [-0.4, -0.2) is 68.0 Å². The summed E-state index contributed by atoms with van der Waals surface area (Å²) in [6.07, 6.45) is 7.94. The van der Waals surface area contributed by atoms with Gasteiger partial charge in [-0.2, -0.15) is 0 Å². The standard InChI is InChI=1S/C25H41NO5Si/c1-6-26-16-23-12-9-13-24(17-26,22(28)30-7-2)25(23,29)15-19(27)21-18(14-23)10-8-11-20(21)31-32(3,4)5/h8,11,18,20-21,29H,6-7,9-10,12-17H2,1-5H3/t18?,20?,21-,23-,24-,25?/m0/s1. The van der Waals surface area contributed by atoms with Gasteiger partial charge in [-0.25, -0.2) is 0 Å². The molecule has 0 radical (unpaired) electrons. The lowest BCUT2D eigenvalue weighted by molar-refractivity contribution is -0.252. The number of Topliss-reactive ketones (excluding diaryl/α,β-unsaturated/α-hetero) is 1. The Hall–Kier alpha value is -1.02. The van der Waals surface area contributed by atoms with Crippen molar-refractivity contribution in [2.75, 3.05) is 26.2 Å². The molecular weight excluding hydrogens is 422 g/mol. The van der Waals surface area contributed by atoms with Crippen LogP contribution in [0, 0.1) is 22.7 Å². The molecule has 0 aromatic carbocycles. The summed E-state index contributed by atoms with van der Waals surface area (Å²) in [6, 6.07) is 0. The van der Waals surface area contributed by atoms with E-state index in [0.717, 1.165) is 38.8 Å². The minimum Gasteiger partial charge on any atom is -0.465 e. The van der Waals surface area contributed by atoms with E-state index in [-0.39, 0.29) is 42.7 Å². The van der Waals surface area contributed by atoms with Gasteiger partial charge in [-0.1, -0.05) is 25.5 Å². The second-order valence-corrected chi connectivity index (χ2v) is 16.1. The zero-order valence-electron chi connectivity index (χ0n) is 20.5. The number of esters is 1. The van der Waals surface area contributed by atoms with E-state index in [9.17, 15) is 14.7 Å². The van der Waals surface area contributed by atoms with E-state index in [1.54, 1.807) is 0 Å². The second kappa shape index (κ2) is 8.33. The smallest absolute Gasteiger partial charge is 0.316 e. The lowest BCUT2D eigenvalue weighted by atomic mass is 9.46. The molecule has 4 aliphatic rings. The van der Waals surface area contributed by atoms with Crippen LogP contribution in [0.25, 0.3) is 0 Å². The largest absolute Gasteiger partial charge is 0.465 e. The molecule has 4 rings (SSSR count). The molecule has 0 aromatic heterocycles. The summed E-state index contributed by atoms with van der Waals surface area (Å²) in [5.41, 5.74) is -2.88. The van der Waals surface area contributed by atoms with Gasteiger partial charge >= 0.3 is 5.97 Å². The number of hydrogen-bond acceptors (Lipinski definition) is 6. The number of carbonyl (C=O) groups is 2. The molecule has 1 saturated heterocycles. The van der Waals surface area contributed by atoms with Crippen LogP contribution in [-0.2, 0) is 18.8 Å². The van der Waals surface area contributed by atoms with Gasteiger partial charge in [0.1, 0.15) is 11.2 Å². The molecule has 6 atom stereocenters. The van der Waals surface area contributed by atoms with Crippen molar-refractivity contribution in [1.29, 1.82) is 0 Å². The Bertz CT molecular complexity index is 794. The van der Waals surface area contributed by atoms with Crippen LogP contribution >= 0.6 is 0 Å². The quantitative estimate of drug-likeness (QED) is 0.382. The van der Waals surface area contributed by atoms with Crippen molar-refractivity contribution >= 4 is 20.1 Å². The molecule has 0 amide bonds. The lowest BCUT2D eigenvalue weighted by Crippen LogP contribution is -2.75. The highest BCUT2D eigenvalue weighted by Gasteiger charge is 2.73. The van der Waals surface area contributed by atoms with E-state index in [0.29, 0.717) is 13.0 Å². The summed E-state index contributed by atoms with van der Waals surface area (Å²) >= 11 is 0. The van der Waals surface area contributed by atoms with Crippen molar-refractivity contribution in [2.45, 2.75) is 83.7 Å². The van der Waals surface area contributed by atoms with Crippen molar-refractivity contribution in [3.63, 3.8) is 0 Å². The van der Waals surface area contributed by atoms with E-state index in [2.05, 4.69) is 43.6 Å². The van der Waals surface area contributed by atoms with Crippen LogP contribution in [0.3, 0.4) is 0 Å². The fraction of sp³-hybridized carbons (Fsp3) is 0.840. The van der Waals surface area contributed by atoms with Crippen LogP contribution in [0.4, 0.5) is 0 Å². The van der Waals surface area contributed by atoms with Gasteiger partial charge < -0.3 is 19.2 Å². The fourth-order valence-corrected chi connectivity index (χ4v) is 8.47. The first-order valence-electron chi connectivity index (χ1n) is 12.5. The average Bonchev–Trinajstić information content (AvgIpc) is 2.78. The molecule has 1 aliphatic heterocycles. The maximum Gasteiger partial charge on any atom is 0.316 e. The third kappa shape index (κ3) is 3.64. The van der Waals surface area contributed by atoms with Crippen LogP contribution in [0.1, 0.15) is 52.4 Å². The summed E-state index contributed by atoms with van der Waals surface area (Å²) in [5, 5.41) is 12.5. The highest BCUT2D eigenvalue weighted by atomic mass is 28.4. The van der Waals surface area contributed by atoms with Gasteiger partial charge in [0.05, 0.1) is 18.3 Å². The number of aliphatic hydroxyl groups is 1. The van der Waals surface area contributed by atoms with E-state index in [4.69, 9.17) is 9.16 Å². The topological polar surface area (TPSA) is 76.1 Å². The monoisotopic (exact) mass is 463 g/mol. The Balaban J connectivity index is 1.80. The number of ether oxygens (including phenoxy) is 1. The minimum atomic E-state index is -1.86. The molecule has 32 heavy (non-hydrogen) atoms. The summed E-state index contributed by atoms with van der Waals surface area (Å²) in [6.45, 7) is 12.7. The van der Waals surface area contributed by atoms with Gasteiger partial charge in [0.25, 0.3) is 0 Å². The Morgan fingerprint density at radius 1 is 1.25 bits per heavy atom. The highest BCUT2D eigenvalue weighted by Crippen LogP contribution is 2.64. The van der Waals surface area contributed by atoms with E-state index in [1.807, 2.05) is 6.92 Å². The normalized spacial score (nSPS) is 42.1. The first-order valence-corrected chi connectivity index (χ1v) is 15.9. The van der Waals surface area contributed by atoms with Crippen molar-refractivity contribution in [3.05, 3.63) is 12.2 Å². The maximum absolute atomic E-state index is 13.9. The number of rotatable bonds is 5. The molecule has 6 nitrogen and oxygen atoms in total. The Kier molecular flexibility index (Phi) is 6.28. The molecule has 3 unspecified atom stereocenters. The van der Waals surface area contributed by atoms with Crippen molar-refractivity contribution < 1.29 is 23.9 Å². The zero-order chi connectivity index (χ0) is 23.4. The van der Waals surface area contributed by atoms with Crippen LogP contribution in [0.2, 0.25) is 19.6 Å². The number of fused-ring (bicyclic) bond motifs is 1. The van der Waals surface area contributed by atoms with Crippen molar-refractivity contribution in [2.24, 2.45) is 22.7 Å². The number of hydrogen-bond donors (Lipinski definition) is 1.